The highest BCUT2D eigenvalue weighted by Crippen LogP contribution is 2.28. The number of nitrogens with one attached hydrogen (secondary N) is 1. The highest BCUT2D eigenvalue weighted by Gasteiger charge is 2.04. The smallest absolute Gasteiger partial charge is 0.206 e. The average molecular weight is 299 g/mol. The molecule has 1 N–H and O–H groups in total. The molecule has 0 spiro atoms. The van der Waals surface area contributed by atoms with Crippen LogP contribution < -0.4 is 5.32 Å². The molecule has 1 heterocycles. The van der Waals surface area contributed by atoms with Crippen LogP contribution >= 0.6 is 23.1 Å². The van der Waals surface area contributed by atoms with Gasteiger partial charge in [0.25, 0.3) is 0 Å². The number of halogens is 1. The summed E-state index contributed by atoms with van der Waals surface area (Å²) < 4.78 is 18.6. The molecule has 0 fully saturated rings. The molecular weight excluding hydrogens is 285 g/mol. The first kappa shape index (κ1) is 14.2. The van der Waals surface area contributed by atoms with Gasteiger partial charge in [0.15, 0.2) is 4.34 Å². The van der Waals surface area contributed by atoms with E-state index in [-0.39, 0.29) is 5.82 Å². The molecule has 19 heavy (non-hydrogen) atoms. The first-order valence-electron chi connectivity index (χ1n) is 5.71. The third-order valence-corrected chi connectivity index (χ3v) is 4.35. The number of hydrogen-bond acceptors (Lipinski definition) is 6. The predicted molar refractivity (Wildman–Crippen MR) is 76.2 cm³/mol. The molecule has 0 bridgehead atoms. The molecule has 0 aliphatic rings. The third-order valence-electron chi connectivity index (χ3n) is 2.26. The summed E-state index contributed by atoms with van der Waals surface area (Å²) in [5, 5.41) is 12.0. The normalized spacial score (nSPS) is 10.6. The summed E-state index contributed by atoms with van der Waals surface area (Å²) in [6.45, 7) is 1.35. The van der Waals surface area contributed by atoms with Crippen LogP contribution in [-0.4, -0.2) is 30.5 Å². The number of aromatic nitrogens is 2. The molecule has 7 heteroatoms. The number of benzene rings is 1. The first-order valence-corrected chi connectivity index (χ1v) is 7.51. The summed E-state index contributed by atoms with van der Waals surface area (Å²) in [5.74, 6) is 0.543. The predicted octanol–water partition coefficient (Wildman–Crippen LogP) is 3.03. The van der Waals surface area contributed by atoms with Gasteiger partial charge in [0.1, 0.15) is 5.82 Å². The Morgan fingerprint density at radius 1 is 1.32 bits per heavy atom. The van der Waals surface area contributed by atoms with Gasteiger partial charge in [-0.1, -0.05) is 35.2 Å². The fourth-order valence-corrected chi connectivity index (χ4v) is 3.06. The van der Waals surface area contributed by atoms with Crippen molar-refractivity contribution in [1.29, 1.82) is 0 Å². The average Bonchev–Trinajstić information content (AvgIpc) is 2.86. The number of thioether (sulfide) groups is 1. The van der Waals surface area contributed by atoms with E-state index >= 15 is 0 Å². The van der Waals surface area contributed by atoms with Gasteiger partial charge in [-0.15, -0.1) is 10.2 Å². The Hall–Kier alpha value is -1.18. The maximum absolute atomic E-state index is 12.8. The topological polar surface area (TPSA) is 47.0 Å². The molecule has 4 nitrogen and oxygen atoms in total. The lowest BCUT2D eigenvalue weighted by molar-refractivity contribution is 0.211. The Balaban J connectivity index is 1.81. The van der Waals surface area contributed by atoms with Gasteiger partial charge < -0.3 is 10.1 Å². The van der Waals surface area contributed by atoms with E-state index in [0.717, 1.165) is 20.8 Å². The molecule has 0 aliphatic heterocycles. The van der Waals surface area contributed by atoms with Crippen LogP contribution in [0.15, 0.2) is 28.6 Å². The van der Waals surface area contributed by atoms with E-state index in [1.54, 1.807) is 31.0 Å². The maximum Gasteiger partial charge on any atom is 0.206 e. The molecule has 2 aromatic rings. The van der Waals surface area contributed by atoms with Crippen LogP contribution in [-0.2, 0) is 10.5 Å². The van der Waals surface area contributed by atoms with Crippen molar-refractivity contribution < 1.29 is 9.13 Å². The second-order valence-corrected chi connectivity index (χ2v) is 5.91. The molecule has 1 aromatic carbocycles. The van der Waals surface area contributed by atoms with Gasteiger partial charge in [-0.3, -0.25) is 0 Å². The molecule has 102 valence electrons. The molecule has 0 saturated carbocycles. The largest absolute Gasteiger partial charge is 0.383 e. The van der Waals surface area contributed by atoms with Crippen molar-refractivity contribution >= 4 is 28.2 Å². The third kappa shape index (κ3) is 4.77. The van der Waals surface area contributed by atoms with Gasteiger partial charge in [0, 0.05) is 19.4 Å². The summed E-state index contributed by atoms with van der Waals surface area (Å²) in [5.41, 5.74) is 1.07. The maximum atomic E-state index is 12.8. The number of anilines is 1. The molecule has 0 amide bonds. The standard InChI is InChI=1S/C12H14FN3OS2/c1-17-7-6-14-11-15-16-12(19-11)18-8-9-2-4-10(13)5-3-9/h2-5H,6-8H2,1H3,(H,14,15). The van der Waals surface area contributed by atoms with E-state index < -0.39 is 0 Å². The highest BCUT2D eigenvalue weighted by atomic mass is 32.2. The second kappa shape index (κ2) is 7.42. The summed E-state index contributed by atoms with van der Waals surface area (Å²) >= 11 is 3.10. The quantitative estimate of drug-likeness (QED) is 0.629. The molecule has 0 aliphatic carbocycles. The van der Waals surface area contributed by atoms with Crippen LogP contribution in [0.4, 0.5) is 9.52 Å². The van der Waals surface area contributed by atoms with E-state index in [4.69, 9.17) is 4.74 Å². The molecule has 0 saturated heterocycles. The molecule has 2 rings (SSSR count). The van der Waals surface area contributed by atoms with E-state index in [1.165, 1.54) is 23.5 Å². The number of nitrogens with zero attached hydrogens (tertiary/aromatic N) is 2. The number of rotatable bonds is 7. The van der Waals surface area contributed by atoms with Crippen LogP contribution in [0.1, 0.15) is 5.56 Å². The SMILES string of the molecule is COCCNc1nnc(SCc2ccc(F)cc2)s1. The lowest BCUT2D eigenvalue weighted by atomic mass is 10.2. The van der Waals surface area contributed by atoms with Crippen LogP contribution in [0.2, 0.25) is 0 Å². The van der Waals surface area contributed by atoms with Gasteiger partial charge in [0.2, 0.25) is 5.13 Å². The Kier molecular flexibility index (Phi) is 5.56. The lowest BCUT2D eigenvalue weighted by Gasteiger charge is -1.99. The summed E-state index contributed by atoms with van der Waals surface area (Å²) in [6.07, 6.45) is 0. The van der Waals surface area contributed by atoms with Gasteiger partial charge in [0.05, 0.1) is 6.61 Å². The molecule has 1 aromatic heterocycles. The van der Waals surface area contributed by atoms with Crippen molar-refractivity contribution in [2.24, 2.45) is 0 Å². The Morgan fingerprint density at radius 2 is 2.11 bits per heavy atom. The van der Waals surface area contributed by atoms with Gasteiger partial charge in [-0.2, -0.15) is 0 Å². The number of hydrogen-bond donors (Lipinski definition) is 1. The zero-order valence-corrected chi connectivity index (χ0v) is 12.1. The monoisotopic (exact) mass is 299 g/mol. The van der Waals surface area contributed by atoms with Crippen molar-refractivity contribution in [2.75, 3.05) is 25.6 Å². The van der Waals surface area contributed by atoms with E-state index in [0.29, 0.717) is 13.2 Å². The Bertz CT molecular complexity index is 504. The van der Waals surface area contributed by atoms with Crippen LogP contribution in [0.3, 0.4) is 0 Å². The van der Waals surface area contributed by atoms with Crippen LogP contribution in [0, 0.1) is 5.82 Å². The van der Waals surface area contributed by atoms with Crippen molar-refractivity contribution in [3.8, 4) is 0 Å². The van der Waals surface area contributed by atoms with Gasteiger partial charge in [-0.05, 0) is 17.7 Å². The number of methoxy groups -OCH3 is 1. The lowest BCUT2D eigenvalue weighted by Crippen LogP contribution is -2.06. The summed E-state index contributed by atoms with van der Waals surface area (Å²) in [4.78, 5) is 0. The Morgan fingerprint density at radius 3 is 2.84 bits per heavy atom. The second-order valence-electron chi connectivity index (χ2n) is 3.71. The summed E-state index contributed by atoms with van der Waals surface area (Å²) in [7, 11) is 1.66. The summed E-state index contributed by atoms with van der Waals surface area (Å²) in [6, 6.07) is 6.49. The minimum atomic E-state index is -0.214. The van der Waals surface area contributed by atoms with Gasteiger partial charge >= 0.3 is 0 Å². The fourth-order valence-electron chi connectivity index (χ4n) is 1.33. The zero-order valence-electron chi connectivity index (χ0n) is 10.4. The van der Waals surface area contributed by atoms with Crippen molar-refractivity contribution in [3.63, 3.8) is 0 Å². The minimum Gasteiger partial charge on any atom is -0.383 e. The molecule has 0 atom stereocenters. The van der Waals surface area contributed by atoms with E-state index in [9.17, 15) is 4.39 Å². The minimum absolute atomic E-state index is 0.214. The van der Waals surface area contributed by atoms with Gasteiger partial charge in [-0.25, -0.2) is 4.39 Å². The van der Waals surface area contributed by atoms with Crippen molar-refractivity contribution in [2.45, 2.75) is 10.1 Å². The highest BCUT2D eigenvalue weighted by molar-refractivity contribution is 8.00. The fraction of sp³-hybridized carbons (Fsp3) is 0.333. The van der Waals surface area contributed by atoms with Crippen molar-refractivity contribution in [3.05, 3.63) is 35.6 Å². The zero-order chi connectivity index (χ0) is 13.5. The molecule has 0 unspecified atom stereocenters. The molecule has 0 radical (unpaired) electrons. The van der Waals surface area contributed by atoms with E-state index in [2.05, 4.69) is 15.5 Å². The number of ether oxygens (including phenoxy) is 1. The van der Waals surface area contributed by atoms with Crippen LogP contribution in [0.5, 0.6) is 0 Å². The van der Waals surface area contributed by atoms with Crippen molar-refractivity contribution in [1.82, 2.24) is 10.2 Å². The molecular formula is C12H14FN3OS2. The van der Waals surface area contributed by atoms with E-state index in [1.807, 2.05) is 0 Å². The first-order chi connectivity index (χ1) is 9.28. The van der Waals surface area contributed by atoms with Crippen LogP contribution in [0.25, 0.3) is 0 Å². The Labute approximate surface area is 119 Å².